The predicted molar refractivity (Wildman–Crippen MR) is 87.4 cm³/mol. The minimum absolute atomic E-state index is 0.0718. The molecule has 0 atom stereocenters. The Morgan fingerprint density at radius 3 is 1.57 bits per heavy atom. The minimum atomic E-state index is 0.0718. The van der Waals surface area contributed by atoms with Gasteiger partial charge in [0.25, 0.3) is 0 Å². The molecule has 2 aliphatic heterocycles. The molecular weight excluding hydrogens is 254 g/mol. The fourth-order valence-electron chi connectivity index (χ4n) is 5.16. The lowest BCUT2D eigenvalue weighted by molar-refractivity contribution is 0.0990. The molecule has 0 fully saturated rings. The summed E-state index contributed by atoms with van der Waals surface area (Å²) in [5, 5.41) is 0. The number of nitrogens with zero attached hydrogens (tertiary/aromatic N) is 1. The lowest BCUT2D eigenvalue weighted by Crippen LogP contribution is -2.42. The van der Waals surface area contributed by atoms with E-state index in [1.165, 1.54) is 35.1 Å². The molecule has 2 bridgehead atoms. The second-order valence-electron chi connectivity index (χ2n) is 6.47. The van der Waals surface area contributed by atoms with Crippen LogP contribution in [-0.2, 0) is 11.1 Å². The molecule has 1 nitrogen and oxygen atoms in total. The molecular formula is C20H23N. The molecule has 2 heterocycles. The molecule has 4 rings (SSSR count). The monoisotopic (exact) mass is 277 g/mol. The van der Waals surface area contributed by atoms with Gasteiger partial charge in [-0.05, 0) is 42.1 Å². The summed E-state index contributed by atoms with van der Waals surface area (Å²) in [6.07, 6.45) is 3.52. The normalized spacial score (nSPS) is 29.5. The standard InChI is InChI=1S/C20H23N/c1-4-14-20-17-12-8-6-10-15(17)19(5-2,21(20)3)16-11-7-9-13-18(16)20/h6-13H,4-5,14H2,1-3H3. The first-order valence-electron chi connectivity index (χ1n) is 8.17. The predicted octanol–water partition coefficient (Wildman–Crippen LogP) is 4.64. The third-order valence-corrected chi connectivity index (χ3v) is 5.91. The van der Waals surface area contributed by atoms with Crippen LogP contribution in [0.1, 0.15) is 55.4 Å². The molecule has 2 aromatic carbocycles. The van der Waals surface area contributed by atoms with Crippen molar-refractivity contribution < 1.29 is 0 Å². The summed E-state index contributed by atoms with van der Waals surface area (Å²) >= 11 is 0. The van der Waals surface area contributed by atoms with Crippen molar-refractivity contribution in [2.45, 2.75) is 44.2 Å². The van der Waals surface area contributed by atoms with E-state index in [-0.39, 0.29) is 11.1 Å². The van der Waals surface area contributed by atoms with Gasteiger partial charge in [0.1, 0.15) is 0 Å². The Hall–Kier alpha value is -1.60. The largest absolute Gasteiger partial charge is 0.279 e. The number of fused-ring (bicyclic) bond motifs is 8. The van der Waals surface area contributed by atoms with Crippen LogP contribution < -0.4 is 0 Å². The number of hydrogen-bond acceptors (Lipinski definition) is 1. The zero-order valence-electron chi connectivity index (χ0n) is 13.2. The molecule has 0 amide bonds. The molecule has 0 aromatic heterocycles. The van der Waals surface area contributed by atoms with Crippen molar-refractivity contribution in [2.24, 2.45) is 0 Å². The summed E-state index contributed by atoms with van der Waals surface area (Å²) in [6, 6.07) is 18.2. The van der Waals surface area contributed by atoms with Gasteiger partial charge < -0.3 is 0 Å². The molecule has 0 saturated heterocycles. The molecule has 0 saturated carbocycles. The lowest BCUT2D eigenvalue weighted by Gasteiger charge is -2.37. The van der Waals surface area contributed by atoms with E-state index in [4.69, 9.17) is 0 Å². The van der Waals surface area contributed by atoms with Crippen LogP contribution in [0.3, 0.4) is 0 Å². The first kappa shape index (κ1) is 13.1. The summed E-state index contributed by atoms with van der Waals surface area (Å²) in [5.41, 5.74) is 6.29. The van der Waals surface area contributed by atoms with Gasteiger partial charge in [-0.2, -0.15) is 0 Å². The van der Waals surface area contributed by atoms with Crippen molar-refractivity contribution in [3.63, 3.8) is 0 Å². The van der Waals surface area contributed by atoms with Gasteiger partial charge in [-0.3, -0.25) is 4.90 Å². The van der Waals surface area contributed by atoms with Crippen LogP contribution in [0.2, 0.25) is 0 Å². The quantitative estimate of drug-likeness (QED) is 0.790. The van der Waals surface area contributed by atoms with E-state index < -0.39 is 0 Å². The Morgan fingerprint density at radius 2 is 1.19 bits per heavy atom. The molecule has 0 spiro atoms. The van der Waals surface area contributed by atoms with E-state index >= 15 is 0 Å². The van der Waals surface area contributed by atoms with Gasteiger partial charge in [0.15, 0.2) is 0 Å². The third-order valence-electron chi connectivity index (χ3n) is 5.91. The SMILES string of the molecule is CCCC12c3ccccc3C(CC)(c3ccccc31)N2C. The van der Waals surface area contributed by atoms with E-state index in [2.05, 4.69) is 74.3 Å². The topological polar surface area (TPSA) is 3.24 Å². The Balaban J connectivity index is 2.13. The molecule has 0 N–H and O–H groups in total. The zero-order valence-corrected chi connectivity index (χ0v) is 13.2. The highest BCUT2D eigenvalue weighted by atomic mass is 15.3. The second kappa shape index (κ2) is 4.20. The summed E-state index contributed by atoms with van der Waals surface area (Å²) in [7, 11) is 2.33. The van der Waals surface area contributed by atoms with Crippen LogP contribution in [0.25, 0.3) is 0 Å². The minimum Gasteiger partial charge on any atom is -0.279 e. The molecule has 108 valence electrons. The van der Waals surface area contributed by atoms with Crippen molar-refractivity contribution in [3.8, 4) is 0 Å². The van der Waals surface area contributed by atoms with Crippen LogP contribution in [0.5, 0.6) is 0 Å². The van der Waals surface area contributed by atoms with E-state index in [1.807, 2.05) is 0 Å². The fourth-order valence-corrected chi connectivity index (χ4v) is 5.16. The van der Waals surface area contributed by atoms with E-state index in [0.717, 1.165) is 6.42 Å². The van der Waals surface area contributed by atoms with Crippen molar-refractivity contribution in [2.75, 3.05) is 7.05 Å². The van der Waals surface area contributed by atoms with Gasteiger partial charge in [0, 0.05) is 0 Å². The summed E-state index contributed by atoms with van der Waals surface area (Å²) in [4.78, 5) is 2.67. The highest BCUT2D eigenvalue weighted by Crippen LogP contribution is 2.64. The van der Waals surface area contributed by atoms with Crippen LogP contribution in [0, 0.1) is 0 Å². The Labute approximate surface area is 127 Å². The van der Waals surface area contributed by atoms with Gasteiger partial charge in [0.2, 0.25) is 0 Å². The van der Waals surface area contributed by atoms with E-state index in [0.29, 0.717) is 0 Å². The Morgan fingerprint density at radius 1 is 0.762 bits per heavy atom. The smallest absolute Gasteiger partial charge is 0.0729 e. The van der Waals surface area contributed by atoms with Crippen LogP contribution in [0.4, 0.5) is 0 Å². The highest BCUT2D eigenvalue weighted by molar-refractivity contribution is 5.64. The average Bonchev–Trinajstić information content (AvgIpc) is 2.88. The van der Waals surface area contributed by atoms with Gasteiger partial charge in [-0.15, -0.1) is 0 Å². The number of hydrogen-bond donors (Lipinski definition) is 0. The Bertz CT molecular complexity index is 653. The van der Waals surface area contributed by atoms with Crippen molar-refractivity contribution in [1.29, 1.82) is 0 Å². The number of benzene rings is 2. The maximum atomic E-state index is 2.67. The second-order valence-corrected chi connectivity index (χ2v) is 6.47. The average molecular weight is 277 g/mol. The molecule has 0 radical (unpaired) electrons. The molecule has 1 heteroatoms. The van der Waals surface area contributed by atoms with E-state index in [1.54, 1.807) is 0 Å². The molecule has 0 aliphatic carbocycles. The van der Waals surface area contributed by atoms with Crippen LogP contribution in [0.15, 0.2) is 48.5 Å². The molecule has 2 aliphatic rings. The van der Waals surface area contributed by atoms with Gasteiger partial charge >= 0.3 is 0 Å². The summed E-state index contributed by atoms with van der Waals surface area (Å²) < 4.78 is 0. The summed E-state index contributed by atoms with van der Waals surface area (Å²) in [6.45, 7) is 4.63. The highest BCUT2D eigenvalue weighted by Gasteiger charge is 2.63. The first-order valence-corrected chi connectivity index (χ1v) is 8.17. The number of rotatable bonds is 3. The van der Waals surface area contributed by atoms with Gasteiger partial charge in [-0.25, -0.2) is 0 Å². The van der Waals surface area contributed by atoms with Gasteiger partial charge in [-0.1, -0.05) is 68.8 Å². The molecule has 21 heavy (non-hydrogen) atoms. The van der Waals surface area contributed by atoms with Crippen molar-refractivity contribution >= 4 is 0 Å². The van der Waals surface area contributed by atoms with Crippen molar-refractivity contribution in [3.05, 3.63) is 70.8 Å². The van der Waals surface area contributed by atoms with E-state index in [9.17, 15) is 0 Å². The Kier molecular flexibility index (Phi) is 2.62. The maximum Gasteiger partial charge on any atom is 0.0729 e. The van der Waals surface area contributed by atoms with Crippen LogP contribution >= 0.6 is 0 Å². The third kappa shape index (κ3) is 1.23. The van der Waals surface area contributed by atoms with Crippen molar-refractivity contribution in [1.82, 2.24) is 4.90 Å². The molecule has 2 aromatic rings. The molecule has 0 unspecified atom stereocenters. The van der Waals surface area contributed by atoms with Gasteiger partial charge in [0.05, 0.1) is 11.1 Å². The first-order chi connectivity index (χ1) is 10.2. The maximum absolute atomic E-state index is 2.67. The lowest BCUT2D eigenvalue weighted by atomic mass is 9.70. The zero-order chi connectivity index (χ0) is 14.7. The summed E-state index contributed by atoms with van der Waals surface area (Å²) in [5.74, 6) is 0. The fraction of sp³-hybridized carbons (Fsp3) is 0.400. The van der Waals surface area contributed by atoms with Crippen LogP contribution in [-0.4, -0.2) is 11.9 Å².